The van der Waals surface area contributed by atoms with Gasteiger partial charge in [0.15, 0.2) is 0 Å². The number of aliphatic hydroxyl groups excluding tert-OH is 3. The summed E-state index contributed by atoms with van der Waals surface area (Å²) < 4.78 is 5.98. The van der Waals surface area contributed by atoms with E-state index in [0.717, 1.165) is 12.0 Å². The maximum Gasteiger partial charge on any atom is 0.111 e. The Kier molecular flexibility index (Phi) is 6.60. The van der Waals surface area contributed by atoms with Gasteiger partial charge in [-0.2, -0.15) is 0 Å². The average Bonchev–Trinajstić information content (AvgIpc) is 3.23. The van der Waals surface area contributed by atoms with Crippen LogP contribution in [0.15, 0.2) is 54.6 Å². The number of hydrogen-bond acceptors (Lipinski definition) is 5. The number of benzene rings is 2. The second-order valence-corrected chi connectivity index (χ2v) is 9.78. The van der Waals surface area contributed by atoms with Crippen molar-refractivity contribution in [3.63, 3.8) is 0 Å². The SMILES string of the molecule is Cc1ccc(-c2ccc(Cc3cc(C4OC(CO)C(C)C(O)C4O)ccc3C)s2)cc1. The zero-order valence-electron chi connectivity index (χ0n) is 18.2. The lowest BCUT2D eigenvalue weighted by Gasteiger charge is -2.41. The first kappa shape index (κ1) is 22.2. The number of rotatable bonds is 5. The molecule has 0 amide bonds. The van der Waals surface area contributed by atoms with E-state index in [9.17, 15) is 15.3 Å². The van der Waals surface area contributed by atoms with Crippen LogP contribution in [0.3, 0.4) is 0 Å². The molecule has 3 aromatic rings. The Morgan fingerprint density at radius 1 is 0.935 bits per heavy atom. The van der Waals surface area contributed by atoms with Crippen molar-refractivity contribution < 1.29 is 20.1 Å². The van der Waals surface area contributed by atoms with Gasteiger partial charge >= 0.3 is 0 Å². The van der Waals surface area contributed by atoms with Crippen LogP contribution in [-0.2, 0) is 11.2 Å². The summed E-state index contributed by atoms with van der Waals surface area (Å²) in [6, 6.07) is 19.0. The summed E-state index contributed by atoms with van der Waals surface area (Å²) in [5.41, 5.74) is 5.64. The quantitative estimate of drug-likeness (QED) is 0.552. The van der Waals surface area contributed by atoms with Gasteiger partial charge in [-0.05, 0) is 48.2 Å². The van der Waals surface area contributed by atoms with E-state index in [1.54, 1.807) is 18.3 Å². The molecule has 5 atom stereocenters. The smallest absolute Gasteiger partial charge is 0.111 e. The Balaban J connectivity index is 1.57. The molecule has 31 heavy (non-hydrogen) atoms. The lowest BCUT2D eigenvalue weighted by atomic mass is 9.85. The molecule has 5 heteroatoms. The molecule has 1 aliphatic heterocycles. The summed E-state index contributed by atoms with van der Waals surface area (Å²) in [4.78, 5) is 2.51. The molecule has 1 saturated heterocycles. The highest BCUT2D eigenvalue weighted by Gasteiger charge is 2.42. The molecular formula is C26H30O4S. The van der Waals surface area contributed by atoms with Crippen molar-refractivity contribution in [3.05, 3.63) is 81.7 Å². The number of aryl methyl sites for hydroxylation is 2. The highest BCUT2D eigenvalue weighted by molar-refractivity contribution is 7.15. The van der Waals surface area contributed by atoms with Gasteiger partial charge < -0.3 is 20.1 Å². The van der Waals surface area contributed by atoms with E-state index in [0.29, 0.717) is 0 Å². The molecule has 1 aliphatic rings. The van der Waals surface area contributed by atoms with Crippen LogP contribution >= 0.6 is 11.3 Å². The molecule has 1 fully saturated rings. The zero-order valence-corrected chi connectivity index (χ0v) is 19.0. The van der Waals surface area contributed by atoms with Crippen molar-refractivity contribution in [2.75, 3.05) is 6.61 Å². The molecule has 2 aromatic carbocycles. The summed E-state index contributed by atoms with van der Waals surface area (Å²) >= 11 is 1.79. The molecule has 4 rings (SSSR count). The molecular weight excluding hydrogens is 408 g/mol. The van der Waals surface area contributed by atoms with Crippen LogP contribution in [0.5, 0.6) is 0 Å². The molecule has 1 aromatic heterocycles. The number of aliphatic hydroxyl groups is 3. The van der Waals surface area contributed by atoms with Crippen LogP contribution in [0, 0.1) is 19.8 Å². The van der Waals surface area contributed by atoms with E-state index in [2.05, 4.69) is 56.3 Å². The number of hydrogen-bond donors (Lipinski definition) is 3. The van der Waals surface area contributed by atoms with Gasteiger partial charge in [-0.15, -0.1) is 11.3 Å². The van der Waals surface area contributed by atoms with Gasteiger partial charge in [0.1, 0.15) is 12.2 Å². The molecule has 5 unspecified atom stereocenters. The largest absolute Gasteiger partial charge is 0.394 e. The molecule has 3 N–H and O–H groups in total. The Hall–Kier alpha value is -2.02. The van der Waals surface area contributed by atoms with E-state index in [1.807, 2.05) is 12.1 Å². The zero-order chi connectivity index (χ0) is 22.1. The maximum absolute atomic E-state index is 10.6. The third-order valence-electron chi connectivity index (χ3n) is 6.35. The number of ether oxygens (including phenoxy) is 1. The third kappa shape index (κ3) is 4.61. The van der Waals surface area contributed by atoms with Crippen molar-refractivity contribution in [2.45, 2.75) is 51.6 Å². The summed E-state index contributed by atoms with van der Waals surface area (Å²) in [6.07, 6.45) is -2.32. The third-order valence-corrected chi connectivity index (χ3v) is 7.49. The second-order valence-electron chi connectivity index (χ2n) is 8.61. The number of thiophene rings is 1. The standard InChI is InChI=1S/C26H30O4S/c1-15-4-7-18(8-5-15)23-11-10-21(31-23)13-20-12-19(9-6-16(20)2)26-25(29)24(28)17(3)22(14-27)30-26/h4-12,17,22,24-29H,13-14H2,1-3H3. The highest BCUT2D eigenvalue weighted by atomic mass is 32.1. The lowest BCUT2D eigenvalue weighted by Crippen LogP contribution is -2.50. The Bertz CT molecular complexity index is 1020. The molecule has 0 spiro atoms. The van der Waals surface area contributed by atoms with Crippen molar-refractivity contribution >= 4 is 11.3 Å². The van der Waals surface area contributed by atoms with Gasteiger partial charge in [0.05, 0.1) is 18.8 Å². The van der Waals surface area contributed by atoms with Gasteiger partial charge in [0.25, 0.3) is 0 Å². The predicted octanol–water partition coefficient (Wildman–Crippen LogP) is 4.41. The lowest BCUT2D eigenvalue weighted by molar-refractivity contribution is -0.207. The topological polar surface area (TPSA) is 69.9 Å². The average molecular weight is 439 g/mol. The first-order chi connectivity index (χ1) is 14.9. The van der Waals surface area contributed by atoms with E-state index in [1.165, 1.54) is 32.0 Å². The van der Waals surface area contributed by atoms with Crippen LogP contribution in [0.2, 0.25) is 0 Å². The van der Waals surface area contributed by atoms with Gasteiger partial charge in [0.2, 0.25) is 0 Å². The Morgan fingerprint density at radius 3 is 2.39 bits per heavy atom. The molecule has 0 bridgehead atoms. The minimum absolute atomic E-state index is 0.183. The van der Waals surface area contributed by atoms with Crippen LogP contribution in [0.4, 0.5) is 0 Å². The van der Waals surface area contributed by atoms with Gasteiger partial charge in [-0.1, -0.05) is 55.0 Å². The minimum atomic E-state index is -1.02. The summed E-state index contributed by atoms with van der Waals surface area (Å²) in [6.45, 7) is 5.78. The fourth-order valence-corrected chi connectivity index (χ4v) is 5.22. The second kappa shape index (κ2) is 9.23. The highest BCUT2D eigenvalue weighted by Crippen LogP contribution is 2.36. The molecule has 0 radical (unpaired) electrons. The predicted molar refractivity (Wildman–Crippen MR) is 124 cm³/mol. The van der Waals surface area contributed by atoms with E-state index in [-0.39, 0.29) is 12.5 Å². The molecule has 0 aliphatic carbocycles. The summed E-state index contributed by atoms with van der Waals surface area (Å²) in [5.74, 6) is -0.326. The van der Waals surface area contributed by atoms with Crippen LogP contribution < -0.4 is 0 Å². The van der Waals surface area contributed by atoms with Gasteiger partial charge in [-0.25, -0.2) is 0 Å². The summed E-state index contributed by atoms with van der Waals surface area (Å²) in [5, 5.41) is 30.7. The normalized spacial score (nSPS) is 26.2. The van der Waals surface area contributed by atoms with E-state index < -0.39 is 24.4 Å². The van der Waals surface area contributed by atoms with Crippen molar-refractivity contribution in [1.29, 1.82) is 0 Å². The fourth-order valence-electron chi connectivity index (χ4n) is 4.18. The molecule has 0 saturated carbocycles. The maximum atomic E-state index is 10.6. The minimum Gasteiger partial charge on any atom is -0.394 e. The first-order valence-electron chi connectivity index (χ1n) is 10.7. The van der Waals surface area contributed by atoms with E-state index in [4.69, 9.17) is 4.74 Å². The Labute approximate surface area is 187 Å². The first-order valence-corrected chi connectivity index (χ1v) is 11.6. The molecule has 2 heterocycles. The van der Waals surface area contributed by atoms with Gasteiger partial charge in [-0.3, -0.25) is 0 Å². The van der Waals surface area contributed by atoms with Gasteiger partial charge in [0, 0.05) is 22.1 Å². The monoisotopic (exact) mass is 438 g/mol. The molecule has 4 nitrogen and oxygen atoms in total. The van der Waals surface area contributed by atoms with Crippen molar-refractivity contribution in [2.24, 2.45) is 5.92 Å². The molecule has 164 valence electrons. The Morgan fingerprint density at radius 2 is 1.68 bits per heavy atom. The van der Waals surface area contributed by atoms with Crippen LogP contribution in [-0.4, -0.2) is 40.2 Å². The van der Waals surface area contributed by atoms with Crippen LogP contribution in [0.1, 0.15) is 40.2 Å². The summed E-state index contributed by atoms with van der Waals surface area (Å²) in [7, 11) is 0. The fraction of sp³-hybridized carbons (Fsp3) is 0.385. The van der Waals surface area contributed by atoms with Crippen molar-refractivity contribution in [3.8, 4) is 10.4 Å². The van der Waals surface area contributed by atoms with E-state index >= 15 is 0 Å². The van der Waals surface area contributed by atoms with Crippen molar-refractivity contribution in [1.82, 2.24) is 0 Å². The van der Waals surface area contributed by atoms with Crippen LogP contribution in [0.25, 0.3) is 10.4 Å².